The summed E-state index contributed by atoms with van der Waals surface area (Å²) in [6, 6.07) is 30.7. The Balaban J connectivity index is 1.41. The van der Waals surface area contributed by atoms with Crippen molar-refractivity contribution >= 4 is 11.8 Å². The number of nitrogens with zero attached hydrogens (tertiary/aromatic N) is 1. The lowest BCUT2D eigenvalue weighted by atomic mass is 9.98. The molecule has 0 heterocycles. The number of primary amides is 1. The van der Waals surface area contributed by atoms with Gasteiger partial charge in [0.05, 0.1) is 5.56 Å². The molecule has 3 N–H and O–H groups in total. The van der Waals surface area contributed by atoms with E-state index in [1.54, 1.807) is 36.4 Å². The number of para-hydroxylation sites is 1. The van der Waals surface area contributed by atoms with Crippen LogP contribution < -0.4 is 15.8 Å². The van der Waals surface area contributed by atoms with E-state index in [-0.39, 0.29) is 12.5 Å². The first kappa shape index (κ1) is 25.7. The zero-order chi connectivity index (χ0) is 26.2. The number of hydrogen-bond acceptors (Lipinski definition) is 4. The molecule has 4 aromatic carbocycles. The zero-order valence-electron chi connectivity index (χ0n) is 21.1. The van der Waals surface area contributed by atoms with Crippen molar-refractivity contribution in [3.63, 3.8) is 0 Å². The highest BCUT2D eigenvalue weighted by Crippen LogP contribution is 2.25. The van der Waals surface area contributed by atoms with Crippen LogP contribution in [0.5, 0.6) is 5.75 Å². The molecule has 37 heavy (non-hydrogen) atoms. The van der Waals surface area contributed by atoms with E-state index in [0.717, 1.165) is 28.8 Å². The van der Waals surface area contributed by atoms with Crippen LogP contribution in [0.25, 0.3) is 11.1 Å². The summed E-state index contributed by atoms with van der Waals surface area (Å²) >= 11 is 0. The van der Waals surface area contributed by atoms with E-state index in [2.05, 4.69) is 54.6 Å². The SMILES string of the molecule is CN(C)Cc1ccc(-c2ccccc2CNC(=O)c2cccc(COc3ccccc3C(N)=O)c2)cc1. The van der Waals surface area contributed by atoms with Crippen LogP contribution >= 0.6 is 0 Å². The Morgan fingerprint density at radius 3 is 2.32 bits per heavy atom. The van der Waals surface area contributed by atoms with Crippen molar-refractivity contribution < 1.29 is 14.3 Å². The Bertz CT molecular complexity index is 1380. The maximum atomic E-state index is 13.0. The van der Waals surface area contributed by atoms with Gasteiger partial charge in [-0.05, 0) is 66.2 Å². The number of rotatable bonds is 10. The first-order valence-corrected chi connectivity index (χ1v) is 12.1. The fourth-order valence-electron chi connectivity index (χ4n) is 4.15. The van der Waals surface area contributed by atoms with Crippen molar-refractivity contribution in [3.8, 4) is 16.9 Å². The van der Waals surface area contributed by atoms with Crippen LogP contribution in [0, 0.1) is 0 Å². The van der Waals surface area contributed by atoms with Crippen molar-refractivity contribution in [3.05, 3.63) is 125 Å². The van der Waals surface area contributed by atoms with E-state index in [9.17, 15) is 9.59 Å². The second-order valence-electron chi connectivity index (χ2n) is 9.12. The Hall–Kier alpha value is -4.42. The minimum absolute atomic E-state index is 0.171. The summed E-state index contributed by atoms with van der Waals surface area (Å²) in [5.74, 6) is -0.305. The average molecular weight is 494 g/mol. The second-order valence-corrected chi connectivity index (χ2v) is 9.12. The molecular formula is C31H31N3O3. The number of nitrogens with one attached hydrogen (secondary N) is 1. The van der Waals surface area contributed by atoms with E-state index in [1.807, 2.05) is 30.3 Å². The monoisotopic (exact) mass is 493 g/mol. The standard InChI is InChI=1S/C31H31N3O3/c1-34(2)20-22-14-16-24(17-15-22)27-11-4-3-9-26(27)19-33-31(36)25-10-7-8-23(18-25)21-37-29-13-6-5-12-28(29)30(32)35/h3-18H,19-21H2,1-2H3,(H2,32,35)(H,33,36). The van der Waals surface area contributed by atoms with Gasteiger partial charge < -0.3 is 20.7 Å². The topological polar surface area (TPSA) is 84.7 Å². The van der Waals surface area contributed by atoms with Crippen LogP contribution in [-0.4, -0.2) is 30.8 Å². The van der Waals surface area contributed by atoms with Crippen molar-refractivity contribution in [2.24, 2.45) is 5.73 Å². The normalized spacial score (nSPS) is 10.8. The molecule has 0 aromatic heterocycles. The molecule has 188 valence electrons. The fourth-order valence-corrected chi connectivity index (χ4v) is 4.15. The van der Waals surface area contributed by atoms with E-state index in [4.69, 9.17) is 10.5 Å². The summed E-state index contributed by atoms with van der Waals surface area (Å²) in [7, 11) is 4.11. The highest BCUT2D eigenvalue weighted by atomic mass is 16.5. The molecule has 4 aromatic rings. The van der Waals surface area contributed by atoms with E-state index < -0.39 is 5.91 Å². The first-order valence-electron chi connectivity index (χ1n) is 12.1. The maximum Gasteiger partial charge on any atom is 0.252 e. The molecule has 0 aliphatic rings. The Kier molecular flexibility index (Phi) is 8.33. The third kappa shape index (κ3) is 6.84. The van der Waals surface area contributed by atoms with Crippen LogP contribution in [-0.2, 0) is 19.7 Å². The van der Waals surface area contributed by atoms with Gasteiger partial charge in [0.2, 0.25) is 0 Å². The number of nitrogens with two attached hydrogens (primary N) is 1. The Labute approximate surface area is 217 Å². The van der Waals surface area contributed by atoms with Gasteiger partial charge in [-0.15, -0.1) is 0 Å². The minimum Gasteiger partial charge on any atom is -0.488 e. The lowest BCUT2D eigenvalue weighted by Gasteiger charge is -2.13. The molecule has 0 fully saturated rings. The molecule has 0 spiro atoms. The number of carbonyl (C=O) groups is 2. The van der Waals surface area contributed by atoms with E-state index in [0.29, 0.717) is 23.4 Å². The van der Waals surface area contributed by atoms with Crippen molar-refractivity contribution in [2.45, 2.75) is 19.7 Å². The number of hydrogen-bond donors (Lipinski definition) is 2. The predicted octanol–water partition coefficient (Wildman–Crippen LogP) is 5.02. The number of carbonyl (C=O) groups excluding carboxylic acids is 2. The highest BCUT2D eigenvalue weighted by molar-refractivity contribution is 5.95. The summed E-state index contributed by atoms with van der Waals surface area (Å²) in [5, 5.41) is 3.04. The van der Waals surface area contributed by atoms with Gasteiger partial charge in [0.1, 0.15) is 12.4 Å². The number of benzene rings is 4. The molecule has 2 amide bonds. The van der Waals surface area contributed by atoms with Gasteiger partial charge in [0.25, 0.3) is 11.8 Å². The molecule has 0 aliphatic heterocycles. The quantitative estimate of drug-likeness (QED) is 0.325. The van der Waals surface area contributed by atoms with Gasteiger partial charge in [0.15, 0.2) is 0 Å². The number of amides is 2. The van der Waals surface area contributed by atoms with E-state index >= 15 is 0 Å². The van der Waals surface area contributed by atoms with Gasteiger partial charge in [-0.2, -0.15) is 0 Å². The van der Waals surface area contributed by atoms with Gasteiger partial charge in [-0.1, -0.05) is 72.8 Å². The van der Waals surface area contributed by atoms with Crippen LogP contribution in [0.15, 0.2) is 97.1 Å². The predicted molar refractivity (Wildman–Crippen MR) is 146 cm³/mol. The summed E-state index contributed by atoms with van der Waals surface area (Å²) in [6.07, 6.45) is 0. The molecule has 0 bridgehead atoms. The molecule has 0 radical (unpaired) electrons. The van der Waals surface area contributed by atoms with Crippen molar-refractivity contribution in [1.29, 1.82) is 0 Å². The zero-order valence-corrected chi connectivity index (χ0v) is 21.1. The van der Waals surface area contributed by atoms with Crippen LogP contribution in [0.2, 0.25) is 0 Å². The molecule has 6 nitrogen and oxygen atoms in total. The summed E-state index contributed by atoms with van der Waals surface area (Å²) in [6.45, 7) is 1.50. The lowest BCUT2D eigenvalue weighted by molar-refractivity contribution is 0.0949. The highest BCUT2D eigenvalue weighted by Gasteiger charge is 2.11. The smallest absolute Gasteiger partial charge is 0.252 e. The second kappa shape index (κ2) is 12.0. The van der Waals surface area contributed by atoms with Crippen LogP contribution in [0.4, 0.5) is 0 Å². The Morgan fingerprint density at radius 2 is 1.57 bits per heavy atom. The number of ether oxygens (including phenoxy) is 1. The largest absolute Gasteiger partial charge is 0.488 e. The molecule has 0 saturated carbocycles. The molecular weight excluding hydrogens is 462 g/mol. The van der Waals surface area contributed by atoms with Gasteiger partial charge in [-0.25, -0.2) is 0 Å². The molecule has 4 rings (SSSR count). The van der Waals surface area contributed by atoms with Crippen molar-refractivity contribution in [1.82, 2.24) is 10.2 Å². The lowest BCUT2D eigenvalue weighted by Crippen LogP contribution is -2.23. The minimum atomic E-state index is -0.548. The Morgan fingerprint density at radius 1 is 0.838 bits per heavy atom. The summed E-state index contributed by atoms with van der Waals surface area (Å²) < 4.78 is 5.81. The van der Waals surface area contributed by atoms with Crippen molar-refractivity contribution in [2.75, 3.05) is 14.1 Å². The fraction of sp³-hybridized carbons (Fsp3) is 0.161. The van der Waals surface area contributed by atoms with Gasteiger partial charge in [-0.3, -0.25) is 9.59 Å². The molecule has 0 saturated heterocycles. The van der Waals surface area contributed by atoms with E-state index in [1.165, 1.54) is 5.56 Å². The van der Waals surface area contributed by atoms with Gasteiger partial charge >= 0.3 is 0 Å². The molecule has 0 aliphatic carbocycles. The van der Waals surface area contributed by atoms with Gasteiger partial charge in [0, 0.05) is 18.7 Å². The maximum absolute atomic E-state index is 13.0. The molecule has 0 atom stereocenters. The molecule has 0 unspecified atom stereocenters. The third-order valence-corrected chi connectivity index (χ3v) is 5.96. The first-order chi connectivity index (χ1) is 17.9. The third-order valence-electron chi connectivity index (χ3n) is 5.96. The average Bonchev–Trinajstić information content (AvgIpc) is 2.91. The summed E-state index contributed by atoms with van der Waals surface area (Å²) in [5.41, 5.74) is 11.6. The van der Waals surface area contributed by atoms with Crippen LogP contribution in [0.1, 0.15) is 37.4 Å². The summed E-state index contributed by atoms with van der Waals surface area (Å²) in [4.78, 5) is 26.7. The molecule has 6 heteroatoms. The van der Waals surface area contributed by atoms with Crippen LogP contribution in [0.3, 0.4) is 0 Å².